The van der Waals surface area contributed by atoms with Crippen molar-refractivity contribution in [2.24, 2.45) is 0 Å². The predicted octanol–water partition coefficient (Wildman–Crippen LogP) is 6.26. The van der Waals surface area contributed by atoms with E-state index in [9.17, 15) is 14.7 Å². The van der Waals surface area contributed by atoms with Crippen LogP contribution in [-0.2, 0) is 11.2 Å². The highest BCUT2D eigenvalue weighted by Crippen LogP contribution is 2.45. The highest BCUT2D eigenvalue weighted by atomic mass is 16.6. The first kappa shape index (κ1) is 26.4. The number of benzene rings is 1. The zero-order valence-corrected chi connectivity index (χ0v) is 23.1. The zero-order valence-electron chi connectivity index (χ0n) is 23.1. The van der Waals surface area contributed by atoms with Crippen molar-refractivity contribution in [1.82, 2.24) is 14.7 Å². The first-order valence-corrected chi connectivity index (χ1v) is 13.9. The van der Waals surface area contributed by atoms with Gasteiger partial charge in [-0.05, 0) is 91.7 Å². The average molecular weight is 525 g/mol. The van der Waals surface area contributed by atoms with E-state index in [0.717, 1.165) is 73.1 Å². The van der Waals surface area contributed by atoms with Gasteiger partial charge >= 0.3 is 12.2 Å². The fraction of sp³-hybridized carbons (Fsp3) is 0.621. The van der Waals surface area contributed by atoms with Crippen molar-refractivity contribution in [2.45, 2.75) is 109 Å². The lowest BCUT2D eigenvalue weighted by Crippen LogP contribution is -2.47. The maximum absolute atomic E-state index is 12.6. The number of ether oxygens (including phenoxy) is 2. The summed E-state index contributed by atoms with van der Waals surface area (Å²) in [7, 11) is 0. The third-order valence-electron chi connectivity index (χ3n) is 8.05. The van der Waals surface area contributed by atoms with E-state index in [1.54, 1.807) is 0 Å². The number of hydrogen-bond donors (Lipinski definition) is 1. The molecule has 1 aromatic heterocycles. The van der Waals surface area contributed by atoms with Crippen molar-refractivity contribution in [3.63, 3.8) is 0 Å². The van der Waals surface area contributed by atoms with E-state index in [1.807, 2.05) is 55.6 Å². The Bertz CT molecular complexity index is 1200. The van der Waals surface area contributed by atoms with Gasteiger partial charge in [0.05, 0.1) is 24.0 Å². The molecule has 1 aromatic carbocycles. The molecule has 3 heterocycles. The van der Waals surface area contributed by atoms with Gasteiger partial charge in [0.2, 0.25) is 0 Å². The molecule has 3 atom stereocenters. The van der Waals surface area contributed by atoms with E-state index in [2.05, 4.69) is 13.1 Å². The number of aromatic nitrogens is 2. The Kier molecular flexibility index (Phi) is 7.05. The van der Waals surface area contributed by atoms with Gasteiger partial charge in [-0.2, -0.15) is 5.10 Å². The summed E-state index contributed by atoms with van der Waals surface area (Å²) in [5, 5.41) is 14.6. The van der Waals surface area contributed by atoms with Crippen LogP contribution >= 0.6 is 0 Å². The number of rotatable bonds is 4. The molecule has 1 aliphatic carbocycles. The molecule has 0 spiro atoms. The van der Waals surface area contributed by atoms with Crippen molar-refractivity contribution in [3.05, 3.63) is 30.1 Å². The number of fused-ring (bicyclic) bond motifs is 1. The summed E-state index contributed by atoms with van der Waals surface area (Å²) in [5.74, 6) is 0.804. The smallest absolute Gasteiger partial charge is 0.412 e. The van der Waals surface area contributed by atoms with Gasteiger partial charge < -0.3 is 19.5 Å². The van der Waals surface area contributed by atoms with Gasteiger partial charge in [0.15, 0.2) is 0 Å². The minimum Gasteiger partial charge on any atom is -0.489 e. The van der Waals surface area contributed by atoms with Crippen LogP contribution in [0.15, 0.2) is 24.5 Å². The van der Waals surface area contributed by atoms with Gasteiger partial charge in [0.1, 0.15) is 11.4 Å². The van der Waals surface area contributed by atoms with Gasteiger partial charge in [-0.3, -0.25) is 9.58 Å². The Morgan fingerprint density at radius 1 is 1.08 bits per heavy atom. The maximum atomic E-state index is 12.6. The maximum Gasteiger partial charge on any atom is 0.412 e. The molecule has 0 radical (unpaired) electrons. The molecule has 2 amide bonds. The zero-order chi connectivity index (χ0) is 27.2. The van der Waals surface area contributed by atoms with Crippen LogP contribution < -0.4 is 9.64 Å². The molecule has 38 heavy (non-hydrogen) atoms. The van der Waals surface area contributed by atoms with E-state index in [4.69, 9.17) is 14.6 Å². The van der Waals surface area contributed by atoms with E-state index in [1.165, 1.54) is 4.90 Å². The SMILES string of the molecule is CC1CCc2c(ccc(-c3cnn([C@@H]4CCN(C(=O)OC(C)(C)C)[C@@H](C)C4)c3)c2OC2CCC2)N1C(=O)O. The molecule has 3 aliphatic rings. The largest absolute Gasteiger partial charge is 0.489 e. The lowest BCUT2D eigenvalue weighted by atomic mass is 9.91. The van der Waals surface area contributed by atoms with E-state index >= 15 is 0 Å². The van der Waals surface area contributed by atoms with E-state index in [0.29, 0.717) is 6.54 Å². The van der Waals surface area contributed by atoms with Gasteiger partial charge in [0, 0.05) is 41.5 Å². The second-order valence-electron chi connectivity index (χ2n) is 12.1. The van der Waals surface area contributed by atoms with E-state index in [-0.39, 0.29) is 30.3 Å². The minimum atomic E-state index is -0.930. The summed E-state index contributed by atoms with van der Waals surface area (Å²) < 4.78 is 14.1. The molecule has 1 saturated heterocycles. The standard InChI is InChI=1S/C29H40N4O5/c1-18-9-10-24-25(33(18)27(34)35)12-11-23(26(24)37-22-7-6-8-22)20-16-30-32(17-20)21-13-14-31(19(2)15-21)28(36)38-29(3,4)5/h11-12,16-19,21-22H,6-10,13-15H2,1-5H3,(H,34,35)/t18?,19-,21+/m0/s1. The number of carboxylic acid groups (broad SMARTS) is 1. The summed E-state index contributed by atoms with van der Waals surface area (Å²) in [4.78, 5) is 28.0. The lowest BCUT2D eigenvalue weighted by Gasteiger charge is -2.38. The quantitative estimate of drug-likeness (QED) is 0.507. The number of hydrogen-bond acceptors (Lipinski definition) is 5. The molecule has 1 N–H and O–H groups in total. The molecule has 9 heteroatoms. The van der Waals surface area contributed by atoms with Crippen LogP contribution in [0.5, 0.6) is 5.75 Å². The monoisotopic (exact) mass is 524 g/mol. The summed E-state index contributed by atoms with van der Waals surface area (Å²) in [6.45, 7) is 10.3. The molecule has 2 aliphatic heterocycles. The Morgan fingerprint density at radius 2 is 1.84 bits per heavy atom. The average Bonchev–Trinajstić information content (AvgIpc) is 3.29. The topological polar surface area (TPSA) is 97.1 Å². The molecule has 206 valence electrons. The number of carbonyl (C=O) groups excluding carboxylic acids is 1. The number of likely N-dealkylation sites (tertiary alicyclic amines) is 1. The van der Waals surface area contributed by atoms with Crippen LogP contribution in [0.3, 0.4) is 0 Å². The Hall–Kier alpha value is -3.23. The molecule has 9 nitrogen and oxygen atoms in total. The van der Waals surface area contributed by atoms with Crippen LogP contribution in [-0.4, -0.2) is 62.3 Å². The first-order chi connectivity index (χ1) is 18.0. The highest BCUT2D eigenvalue weighted by Gasteiger charge is 2.35. The Labute approximate surface area is 224 Å². The number of nitrogens with zero attached hydrogens (tertiary/aromatic N) is 4. The molecule has 5 rings (SSSR count). The summed E-state index contributed by atoms with van der Waals surface area (Å²) in [6.07, 6.45) is 9.26. The lowest BCUT2D eigenvalue weighted by molar-refractivity contribution is 0.00729. The number of amides is 2. The van der Waals surface area contributed by atoms with Crippen LogP contribution in [0.2, 0.25) is 0 Å². The van der Waals surface area contributed by atoms with Crippen LogP contribution in [0, 0.1) is 0 Å². The molecule has 0 bridgehead atoms. The normalized spacial score (nSPS) is 24.0. The van der Waals surface area contributed by atoms with Crippen molar-refractivity contribution >= 4 is 17.9 Å². The molecular formula is C29H40N4O5. The van der Waals surface area contributed by atoms with Crippen LogP contribution in [0.4, 0.5) is 15.3 Å². The molecule has 1 saturated carbocycles. The molecular weight excluding hydrogens is 484 g/mol. The first-order valence-electron chi connectivity index (χ1n) is 13.9. The Balaban J connectivity index is 1.40. The van der Waals surface area contributed by atoms with Gasteiger partial charge in [-0.1, -0.05) is 0 Å². The second-order valence-corrected chi connectivity index (χ2v) is 12.1. The third-order valence-corrected chi connectivity index (χ3v) is 8.05. The van der Waals surface area contributed by atoms with E-state index < -0.39 is 11.7 Å². The van der Waals surface area contributed by atoms with Crippen molar-refractivity contribution in [1.29, 1.82) is 0 Å². The van der Waals surface area contributed by atoms with Crippen LogP contribution in [0.25, 0.3) is 11.1 Å². The third kappa shape index (κ3) is 5.20. The fourth-order valence-electron chi connectivity index (χ4n) is 5.77. The highest BCUT2D eigenvalue weighted by molar-refractivity contribution is 5.91. The number of anilines is 1. The molecule has 2 fully saturated rings. The molecule has 1 unspecified atom stereocenters. The summed E-state index contributed by atoms with van der Waals surface area (Å²) in [5.41, 5.74) is 3.11. The second kappa shape index (κ2) is 10.2. The minimum absolute atomic E-state index is 0.0431. The van der Waals surface area contributed by atoms with Crippen molar-refractivity contribution in [3.8, 4) is 16.9 Å². The fourth-order valence-corrected chi connectivity index (χ4v) is 5.77. The Morgan fingerprint density at radius 3 is 2.47 bits per heavy atom. The number of piperidine rings is 1. The molecule has 2 aromatic rings. The van der Waals surface area contributed by atoms with Crippen LogP contribution in [0.1, 0.15) is 84.7 Å². The summed E-state index contributed by atoms with van der Waals surface area (Å²) in [6, 6.07) is 4.05. The van der Waals surface area contributed by atoms with Crippen molar-refractivity contribution in [2.75, 3.05) is 11.4 Å². The summed E-state index contributed by atoms with van der Waals surface area (Å²) >= 11 is 0. The number of carbonyl (C=O) groups is 2. The van der Waals surface area contributed by atoms with Crippen molar-refractivity contribution < 1.29 is 24.2 Å². The van der Waals surface area contributed by atoms with Gasteiger partial charge in [-0.15, -0.1) is 0 Å². The van der Waals surface area contributed by atoms with Gasteiger partial charge in [0.25, 0.3) is 0 Å². The predicted molar refractivity (Wildman–Crippen MR) is 145 cm³/mol. The van der Waals surface area contributed by atoms with Gasteiger partial charge in [-0.25, -0.2) is 9.59 Å².